The fourth-order valence-corrected chi connectivity index (χ4v) is 4.66. The minimum Gasteiger partial charge on any atom is -0.493 e. The normalized spacial score (nSPS) is 19.5. The Hall–Kier alpha value is -2.68. The molecular weight excluding hydrogens is 423 g/mol. The van der Waals surface area contributed by atoms with Gasteiger partial charge >= 0.3 is 6.03 Å². The quantitative estimate of drug-likeness (QED) is 0.584. The molecule has 8 nitrogen and oxygen atoms in total. The van der Waals surface area contributed by atoms with Crippen LogP contribution in [0.15, 0.2) is 24.4 Å². The summed E-state index contributed by atoms with van der Waals surface area (Å²) in [5.41, 5.74) is 1.29. The predicted molar refractivity (Wildman–Crippen MR) is 123 cm³/mol. The molecule has 2 fully saturated rings. The number of urea groups is 1. The Kier molecular flexibility index (Phi) is 7.17. The van der Waals surface area contributed by atoms with E-state index < -0.39 is 0 Å². The molecule has 1 aromatic heterocycles. The highest BCUT2D eigenvalue weighted by Crippen LogP contribution is 2.52. The minimum absolute atomic E-state index is 0.142. The Morgan fingerprint density at radius 1 is 1.33 bits per heavy atom. The molecule has 2 aromatic rings. The number of aryl methyl sites for hydroxylation is 1. The van der Waals surface area contributed by atoms with Crippen LogP contribution in [0.4, 0.5) is 9.18 Å². The zero-order valence-corrected chi connectivity index (χ0v) is 19.9. The van der Waals surface area contributed by atoms with Crippen molar-refractivity contribution in [2.45, 2.75) is 58.2 Å². The zero-order chi connectivity index (χ0) is 23.4. The van der Waals surface area contributed by atoms with E-state index in [-0.39, 0.29) is 36.4 Å². The average Bonchev–Trinajstić information content (AvgIpc) is 3.42. The van der Waals surface area contributed by atoms with Crippen LogP contribution in [-0.4, -0.2) is 63.6 Å². The molecule has 4 rings (SSSR count). The number of aromatic nitrogens is 3. The molecule has 1 N–H and O–H groups in total. The van der Waals surface area contributed by atoms with Crippen molar-refractivity contribution in [3.63, 3.8) is 0 Å². The van der Waals surface area contributed by atoms with Gasteiger partial charge in [-0.15, -0.1) is 0 Å². The third-order valence-corrected chi connectivity index (χ3v) is 6.75. The minimum atomic E-state index is -0.376. The first-order chi connectivity index (χ1) is 15.9. The van der Waals surface area contributed by atoms with Gasteiger partial charge in [0.1, 0.15) is 17.3 Å². The van der Waals surface area contributed by atoms with Gasteiger partial charge in [0.15, 0.2) is 0 Å². The number of nitrogens with zero attached hydrogens (tertiary/aromatic N) is 5. The molecule has 9 heteroatoms. The highest BCUT2D eigenvalue weighted by molar-refractivity contribution is 5.74. The lowest BCUT2D eigenvalue weighted by molar-refractivity contribution is 0.134. The molecule has 1 saturated carbocycles. The third-order valence-electron chi connectivity index (χ3n) is 6.75. The summed E-state index contributed by atoms with van der Waals surface area (Å²) in [4.78, 5) is 18.8. The van der Waals surface area contributed by atoms with E-state index in [2.05, 4.69) is 34.4 Å². The molecule has 2 heterocycles. The van der Waals surface area contributed by atoms with E-state index >= 15 is 0 Å². The maximum Gasteiger partial charge on any atom is 0.318 e. The van der Waals surface area contributed by atoms with E-state index in [0.717, 1.165) is 45.2 Å². The van der Waals surface area contributed by atoms with Gasteiger partial charge in [0.05, 0.1) is 25.9 Å². The van der Waals surface area contributed by atoms with Gasteiger partial charge in [-0.25, -0.2) is 9.18 Å². The van der Waals surface area contributed by atoms with Crippen LogP contribution in [0, 0.1) is 11.2 Å². The smallest absolute Gasteiger partial charge is 0.318 e. The van der Waals surface area contributed by atoms with Crippen LogP contribution < -0.4 is 10.1 Å². The maximum atomic E-state index is 14.9. The number of benzene rings is 1. The van der Waals surface area contributed by atoms with Gasteiger partial charge < -0.3 is 19.9 Å². The summed E-state index contributed by atoms with van der Waals surface area (Å²) < 4.78 is 20.5. The van der Waals surface area contributed by atoms with Gasteiger partial charge in [0.2, 0.25) is 0 Å². The lowest BCUT2D eigenvalue weighted by Gasteiger charge is -2.38. The number of carbonyl (C=O) groups is 1. The first-order valence-corrected chi connectivity index (χ1v) is 11.9. The first-order valence-electron chi connectivity index (χ1n) is 11.9. The fraction of sp³-hybridized carbons (Fsp3) is 0.625. The Balaban J connectivity index is 1.47. The number of piperidine rings is 1. The van der Waals surface area contributed by atoms with Crippen molar-refractivity contribution in [1.82, 2.24) is 30.1 Å². The lowest BCUT2D eigenvalue weighted by atomic mass is 9.89. The van der Waals surface area contributed by atoms with Crippen LogP contribution >= 0.6 is 0 Å². The Morgan fingerprint density at radius 3 is 2.82 bits per heavy atom. The number of unbranched alkanes of at least 4 members (excludes halogenated alkanes) is 1. The van der Waals surface area contributed by atoms with Crippen molar-refractivity contribution in [1.29, 1.82) is 0 Å². The van der Waals surface area contributed by atoms with Crippen molar-refractivity contribution in [2.75, 3.05) is 26.7 Å². The highest BCUT2D eigenvalue weighted by atomic mass is 19.1. The molecule has 1 aliphatic carbocycles. The summed E-state index contributed by atoms with van der Waals surface area (Å²) >= 11 is 0. The number of amides is 2. The van der Waals surface area contributed by atoms with Crippen molar-refractivity contribution in [3.05, 3.63) is 41.5 Å². The maximum absolute atomic E-state index is 14.9. The number of halogens is 1. The van der Waals surface area contributed by atoms with Crippen LogP contribution in [0.3, 0.4) is 0 Å². The van der Waals surface area contributed by atoms with Crippen LogP contribution in [0.1, 0.15) is 50.3 Å². The summed E-state index contributed by atoms with van der Waals surface area (Å²) in [6.07, 6.45) is 6.79. The second-order valence-corrected chi connectivity index (χ2v) is 9.53. The lowest BCUT2D eigenvalue weighted by Crippen LogP contribution is -2.54. The van der Waals surface area contributed by atoms with Crippen LogP contribution in [0.2, 0.25) is 0 Å². The van der Waals surface area contributed by atoms with Gasteiger partial charge in [-0.05, 0) is 45.3 Å². The van der Waals surface area contributed by atoms with E-state index in [9.17, 15) is 9.18 Å². The summed E-state index contributed by atoms with van der Waals surface area (Å²) in [7, 11) is 3.87. The SMILES string of the molecule is CCCCOc1ccc(CN(Cc2cnn(C)n2)C(=O)N[C@H]2CCN(C)CC23CC3)c(F)c1. The fourth-order valence-electron chi connectivity index (χ4n) is 4.66. The standard InChI is InChI=1S/C24H35FN6O2/c1-4-5-12-33-20-7-6-18(21(25)13-20)15-31(16-19-14-26-30(3)28-19)23(32)27-22-8-11-29(2)17-24(22)9-10-24/h6-7,13-14,22H,4-5,8-12,15-17H2,1-3H3,(H,27,32)/t22-/m0/s1. The van der Waals surface area contributed by atoms with E-state index in [4.69, 9.17) is 4.74 Å². The van der Waals surface area contributed by atoms with Crippen molar-refractivity contribution >= 4 is 6.03 Å². The Bertz CT molecular complexity index is 960. The van der Waals surface area contributed by atoms with Crippen LogP contribution in [0.25, 0.3) is 0 Å². The van der Waals surface area contributed by atoms with E-state index in [1.807, 2.05) is 0 Å². The number of ether oxygens (including phenoxy) is 1. The third kappa shape index (κ3) is 5.82. The Morgan fingerprint density at radius 2 is 2.15 bits per heavy atom. The molecule has 180 valence electrons. The van der Waals surface area contributed by atoms with Crippen molar-refractivity contribution in [3.8, 4) is 5.75 Å². The van der Waals surface area contributed by atoms with E-state index in [0.29, 0.717) is 23.6 Å². The van der Waals surface area contributed by atoms with E-state index in [1.165, 1.54) is 10.9 Å². The van der Waals surface area contributed by atoms with Crippen LogP contribution in [-0.2, 0) is 20.1 Å². The van der Waals surface area contributed by atoms with Crippen molar-refractivity contribution < 1.29 is 13.9 Å². The number of nitrogens with one attached hydrogen (secondary N) is 1. The Labute approximate surface area is 195 Å². The monoisotopic (exact) mass is 458 g/mol. The molecule has 1 aromatic carbocycles. The van der Waals surface area contributed by atoms with Gasteiger partial charge in [-0.1, -0.05) is 19.4 Å². The molecule has 1 saturated heterocycles. The molecule has 1 atom stereocenters. The van der Waals surface area contributed by atoms with Crippen molar-refractivity contribution in [2.24, 2.45) is 12.5 Å². The second kappa shape index (κ2) is 10.1. The number of hydrogen-bond acceptors (Lipinski definition) is 5. The molecule has 2 aliphatic rings. The molecule has 2 amide bonds. The first kappa shape index (κ1) is 23.5. The molecule has 1 spiro atoms. The second-order valence-electron chi connectivity index (χ2n) is 9.53. The number of carbonyl (C=O) groups excluding carboxylic acids is 1. The average molecular weight is 459 g/mol. The number of likely N-dealkylation sites (tertiary alicyclic amines) is 1. The molecule has 1 aliphatic heterocycles. The van der Waals surface area contributed by atoms with E-state index in [1.54, 1.807) is 30.3 Å². The summed E-state index contributed by atoms with van der Waals surface area (Å²) in [6.45, 7) is 5.02. The zero-order valence-electron chi connectivity index (χ0n) is 19.9. The molecule has 33 heavy (non-hydrogen) atoms. The molecule has 0 bridgehead atoms. The summed E-state index contributed by atoms with van der Waals surface area (Å²) in [6, 6.07) is 4.82. The molecule has 0 unspecified atom stereocenters. The largest absolute Gasteiger partial charge is 0.493 e. The highest BCUT2D eigenvalue weighted by Gasteiger charge is 2.52. The topological polar surface area (TPSA) is 75.5 Å². The van der Waals surface area contributed by atoms with Gasteiger partial charge in [0, 0.05) is 36.7 Å². The molecular formula is C24H35FN6O2. The summed E-state index contributed by atoms with van der Waals surface area (Å²) in [5, 5.41) is 11.7. The predicted octanol–water partition coefficient (Wildman–Crippen LogP) is 3.33. The summed E-state index contributed by atoms with van der Waals surface area (Å²) in [5.74, 6) is 0.135. The van der Waals surface area contributed by atoms with Gasteiger partial charge in [-0.2, -0.15) is 15.0 Å². The van der Waals surface area contributed by atoms with Gasteiger partial charge in [0.25, 0.3) is 0 Å². The van der Waals surface area contributed by atoms with Gasteiger partial charge in [-0.3, -0.25) is 0 Å². The van der Waals surface area contributed by atoms with Crippen LogP contribution in [0.5, 0.6) is 5.75 Å². The number of hydrogen-bond donors (Lipinski definition) is 1. The number of rotatable bonds is 9. The molecule has 0 radical (unpaired) electrons.